The minimum absolute atomic E-state index is 0.210. The first kappa shape index (κ1) is 16.7. The number of nitrogens with zero attached hydrogens (tertiary/aromatic N) is 2. The molecular formula is C16H19N3O4. The molecule has 2 atom stereocenters. The van der Waals surface area contributed by atoms with Crippen LogP contribution < -0.4 is 10.9 Å². The molecular weight excluding hydrogens is 298 g/mol. The lowest BCUT2D eigenvalue weighted by Crippen LogP contribution is -2.47. The number of aromatic nitrogens is 2. The summed E-state index contributed by atoms with van der Waals surface area (Å²) in [5.74, 6) is -1.85. The predicted octanol–water partition coefficient (Wildman–Crippen LogP) is 1.01. The Labute approximate surface area is 132 Å². The van der Waals surface area contributed by atoms with Gasteiger partial charge in [0.2, 0.25) is 5.91 Å². The lowest BCUT2D eigenvalue weighted by atomic mass is 9.99. The SMILES string of the molecule is CCC(C)C(NC(=O)Cn1ncc2ccccc2c1=O)C(=O)O. The van der Waals surface area contributed by atoms with Crippen molar-refractivity contribution in [1.82, 2.24) is 15.1 Å². The van der Waals surface area contributed by atoms with Gasteiger partial charge < -0.3 is 10.4 Å². The molecule has 0 saturated carbocycles. The summed E-state index contributed by atoms with van der Waals surface area (Å²) < 4.78 is 1.03. The van der Waals surface area contributed by atoms with Gasteiger partial charge in [0.05, 0.1) is 11.6 Å². The van der Waals surface area contributed by atoms with Gasteiger partial charge >= 0.3 is 5.97 Å². The summed E-state index contributed by atoms with van der Waals surface area (Å²) in [6.45, 7) is 3.28. The third-order valence-electron chi connectivity index (χ3n) is 3.85. The Morgan fingerprint density at radius 3 is 2.70 bits per heavy atom. The summed E-state index contributed by atoms with van der Waals surface area (Å²) in [6.07, 6.45) is 2.12. The monoisotopic (exact) mass is 317 g/mol. The van der Waals surface area contributed by atoms with Crippen LogP contribution in [0.25, 0.3) is 10.8 Å². The standard InChI is InChI=1S/C16H19N3O4/c1-3-10(2)14(16(22)23)18-13(20)9-19-15(21)12-7-5-4-6-11(12)8-17-19/h4-8,10,14H,3,9H2,1-2H3,(H,18,20)(H,22,23). The van der Waals surface area contributed by atoms with Crippen molar-refractivity contribution in [3.8, 4) is 0 Å². The maximum Gasteiger partial charge on any atom is 0.326 e. The highest BCUT2D eigenvalue weighted by molar-refractivity contribution is 5.84. The van der Waals surface area contributed by atoms with Gasteiger partial charge in [0.1, 0.15) is 12.6 Å². The number of benzene rings is 1. The second kappa shape index (κ2) is 7.04. The Bertz CT molecular complexity index is 784. The Morgan fingerprint density at radius 1 is 1.35 bits per heavy atom. The largest absolute Gasteiger partial charge is 0.480 e. The van der Waals surface area contributed by atoms with Crippen molar-refractivity contribution < 1.29 is 14.7 Å². The summed E-state index contributed by atoms with van der Waals surface area (Å²) in [4.78, 5) is 35.6. The molecule has 7 heteroatoms. The fraction of sp³-hybridized carbons (Fsp3) is 0.375. The molecule has 1 aromatic heterocycles. The second-order valence-corrected chi connectivity index (χ2v) is 5.46. The average molecular weight is 317 g/mol. The molecule has 0 aliphatic heterocycles. The number of hydrogen-bond acceptors (Lipinski definition) is 4. The van der Waals surface area contributed by atoms with Crippen molar-refractivity contribution in [3.05, 3.63) is 40.8 Å². The normalized spacial score (nSPS) is 13.5. The highest BCUT2D eigenvalue weighted by Crippen LogP contribution is 2.08. The van der Waals surface area contributed by atoms with Crippen molar-refractivity contribution in [2.45, 2.75) is 32.9 Å². The van der Waals surface area contributed by atoms with E-state index in [1.807, 2.05) is 6.92 Å². The molecule has 2 aromatic rings. The van der Waals surface area contributed by atoms with Crippen molar-refractivity contribution in [3.63, 3.8) is 0 Å². The van der Waals surface area contributed by atoms with Crippen LogP contribution in [0.3, 0.4) is 0 Å². The molecule has 0 spiro atoms. The summed E-state index contributed by atoms with van der Waals surface area (Å²) in [5, 5.41) is 16.8. The third-order valence-corrected chi connectivity index (χ3v) is 3.85. The fourth-order valence-corrected chi connectivity index (χ4v) is 2.28. The molecule has 23 heavy (non-hydrogen) atoms. The number of carboxylic acids is 1. The molecule has 0 bridgehead atoms. The van der Waals surface area contributed by atoms with Crippen LogP contribution in [0, 0.1) is 5.92 Å². The fourth-order valence-electron chi connectivity index (χ4n) is 2.28. The van der Waals surface area contributed by atoms with Gasteiger partial charge in [-0.2, -0.15) is 5.10 Å². The quantitative estimate of drug-likeness (QED) is 0.828. The minimum Gasteiger partial charge on any atom is -0.480 e. The summed E-state index contributed by atoms with van der Waals surface area (Å²) in [7, 11) is 0. The number of hydrogen-bond donors (Lipinski definition) is 2. The van der Waals surface area contributed by atoms with Gasteiger partial charge in [0, 0.05) is 5.39 Å². The van der Waals surface area contributed by atoms with Crippen molar-refractivity contribution >= 4 is 22.6 Å². The highest BCUT2D eigenvalue weighted by Gasteiger charge is 2.25. The van der Waals surface area contributed by atoms with E-state index in [1.165, 1.54) is 6.20 Å². The first-order chi connectivity index (χ1) is 10.9. The van der Waals surface area contributed by atoms with E-state index in [9.17, 15) is 19.5 Å². The lowest BCUT2D eigenvalue weighted by Gasteiger charge is -2.20. The summed E-state index contributed by atoms with van der Waals surface area (Å²) in [6, 6.07) is 5.97. The van der Waals surface area contributed by atoms with Gasteiger partial charge in [-0.15, -0.1) is 0 Å². The zero-order chi connectivity index (χ0) is 17.0. The molecule has 2 N–H and O–H groups in total. The van der Waals surface area contributed by atoms with Crippen LogP contribution in [-0.4, -0.2) is 32.8 Å². The second-order valence-electron chi connectivity index (χ2n) is 5.46. The van der Waals surface area contributed by atoms with Gasteiger partial charge in [-0.1, -0.05) is 38.5 Å². The average Bonchev–Trinajstić information content (AvgIpc) is 2.54. The number of carbonyl (C=O) groups is 2. The molecule has 7 nitrogen and oxygen atoms in total. The molecule has 0 radical (unpaired) electrons. The van der Waals surface area contributed by atoms with E-state index in [0.717, 1.165) is 4.68 Å². The summed E-state index contributed by atoms with van der Waals surface area (Å²) in [5.41, 5.74) is -0.381. The zero-order valence-corrected chi connectivity index (χ0v) is 13.0. The van der Waals surface area contributed by atoms with Crippen molar-refractivity contribution in [2.24, 2.45) is 5.92 Å². The van der Waals surface area contributed by atoms with E-state index in [2.05, 4.69) is 10.4 Å². The van der Waals surface area contributed by atoms with E-state index in [4.69, 9.17) is 0 Å². The molecule has 0 fully saturated rings. The van der Waals surface area contributed by atoms with Crippen LogP contribution in [0.4, 0.5) is 0 Å². The van der Waals surface area contributed by atoms with Crippen LogP contribution in [0.2, 0.25) is 0 Å². The van der Waals surface area contributed by atoms with Gasteiger partial charge in [-0.05, 0) is 12.0 Å². The molecule has 122 valence electrons. The third kappa shape index (κ3) is 3.74. The van der Waals surface area contributed by atoms with Crippen LogP contribution in [0.1, 0.15) is 20.3 Å². The molecule has 1 heterocycles. The predicted molar refractivity (Wildman–Crippen MR) is 85.0 cm³/mol. The van der Waals surface area contributed by atoms with Gasteiger partial charge in [0.25, 0.3) is 5.56 Å². The number of carbonyl (C=O) groups excluding carboxylic acids is 1. The maximum absolute atomic E-state index is 12.3. The van der Waals surface area contributed by atoms with E-state index in [-0.39, 0.29) is 18.0 Å². The van der Waals surface area contributed by atoms with E-state index >= 15 is 0 Å². The number of rotatable bonds is 6. The van der Waals surface area contributed by atoms with Gasteiger partial charge in [-0.3, -0.25) is 9.59 Å². The number of amides is 1. The van der Waals surface area contributed by atoms with E-state index in [0.29, 0.717) is 17.2 Å². The van der Waals surface area contributed by atoms with Crippen molar-refractivity contribution in [1.29, 1.82) is 0 Å². The summed E-state index contributed by atoms with van der Waals surface area (Å²) >= 11 is 0. The Morgan fingerprint density at radius 2 is 2.04 bits per heavy atom. The van der Waals surface area contributed by atoms with E-state index in [1.54, 1.807) is 31.2 Å². The van der Waals surface area contributed by atoms with Crippen LogP contribution in [0.15, 0.2) is 35.3 Å². The first-order valence-electron chi connectivity index (χ1n) is 7.41. The molecule has 1 aromatic carbocycles. The zero-order valence-electron chi connectivity index (χ0n) is 13.0. The number of carboxylic acid groups (broad SMARTS) is 1. The van der Waals surface area contributed by atoms with Crippen molar-refractivity contribution in [2.75, 3.05) is 0 Å². The molecule has 0 aliphatic carbocycles. The highest BCUT2D eigenvalue weighted by atomic mass is 16.4. The smallest absolute Gasteiger partial charge is 0.326 e. The molecule has 1 amide bonds. The Hall–Kier alpha value is -2.70. The Kier molecular flexibility index (Phi) is 5.10. The van der Waals surface area contributed by atoms with Crippen LogP contribution in [-0.2, 0) is 16.1 Å². The first-order valence-corrected chi connectivity index (χ1v) is 7.41. The number of nitrogens with one attached hydrogen (secondary N) is 1. The molecule has 0 saturated heterocycles. The van der Waals surface area contributed by atoms with Crippen LogP contribution in [0.5, 0.6) is 0 Å². The topological polar surface area (TPSA) is 101 Å². The van der Waals surface area contributed by atoms with Gasteiger partial charge in [0.15, 0.2) is 0 Å². The number of fused-ring (bicyclic) bond motifs is 1. The molecule has 2 unspecified atom stereocenters. The number of aliphatic carboxylic acids is 1. The molecule has 2 rings (SSSR count). The van der Waals surface area contributed by atoms with Gasteiger partial charge in [-0.25, -0.2) is 9.48 Å². The lowest BCUT2D eigenvalue weighted by molar-refractivity contribution is -0.143. The van der Waals surface area contributed by atoms with E-state index < -0.39 is 17.9 Å². The Balaban J connectivity index is 2.19. The minimum atomic E-state index is -1.09. The van der Waals surface area contributed by atoms with Crippen LogP contribution >= 0.6 is 0 Å². The maximum atomic E-state index is 12.3. The molecule has 0 aliphatic rings.